The molecule has 0 bridgehead atoms. The minimum atomic E-state index is 0.308. The van der Waals surface area contributed by atoms with Gasteiger partial charge in [-0.1, -0.05) is 48.5 Å². The Bertz CT molecular complexity index is 918. The van der Waals surface area contributed by atoms with E-state index in [0.717, 1.165) is 11.1 Å². The molecule has 0 aromatic heterocycles. The van der Waals surface area contributed by atoms with Crippen molar-refractivity contribution in [3.05, 3.63) is 83.9 Å². The SMILES string of the molecule is N#Cc1ccc(Oc2ccccc2-c2ccccc2)cc1C#N. The molecule has 3 aromatic rings. The van der Waals surface area contributed by atoms with Gasteiger partial charge in [-0.2, -0.15) is 10.5 Å². The predicted molar refractivity (Wildman–Crippen MR) is 87.8 cm³/mol. The third kappa shape index (κ3) is 3.05. The van der Waals surface area contributed by atoms with E-state index in [9.17, 15) is 0 Å². The summed E-state index contributed by atoms with van der Waals surface area (Å²) in [6.45, 7) is 0. The Kier molecular flexibility index (Phi) is 4.05. The Morgan fingerprint density at radius 1 is 0.696 bits per heavy atom. The molecule has 0 saturated carbocycles. The number of nitrogens with zero attached hydrogens (tertiary/aromatic N) is 2. The standard InChI is InChI=1S/C20H12N2O/c21-13-16-10-11-18(12-17(16)14-22)23-20-9-5-4-8-19(20)15-6-2-1-3-7-15/h1-12H. The highest BCUT2D eigenvalue weighted by Crippen LogP contribution is 2.33. The number of benzene rings is 3. The smallest absolute Gasteiger partial charge is 0.135 e. The van der Waals surface area contributed by atoms with Gasteiger partial charge in [-0.15, -0.1) is 0 Å². The van der Waals surface area contributed by atoms with Crippen molar-refractivity contribution in [2.24, 2.45) is 0 Å². The minimum absolute atomic E-state index is 0.308. The van der Waals surface area contributed by atoms with E-state index in [4.69, 9.17) is 15.3 Å². The van der Waals surface area contributed by atoms with Crippen molar-refractivity contribution >= 4 is 0 Å². The molecule has 23 heavy (non-hydrogen) atoms. The lowest BCUT2D eigenvalue weighted by Crippen LogP contribution is -1.90. The first-order valence-electron chi connectivity index (χ1n) is 7.08. The van der Waals surface area contributed by atoms with Crippen molar-refractivity contribution in [3.63, 3.8) is 0 Å². The molecule has 0 amide bonds. The van der Waals surface area contributed by atoms with Crippen LogP contribution in [0.5, 0.6) is 11.5 Å². The third-order valence-corrected chi connectivity index (χ3v) is 3.43. The van der Waals surface area contributed by atoms with E-state index in [1.54, 1.807) is 18.2 Å². The van der Waals surface area contributed by atoms with Crippen molar-refractivity contribution in [1.29, 1.82) is 10.5 Å². The van der Waals surface area contributed by atoms with Crippen LogP contribution in [-0.4, -0.2) is 0 Å². The largest absolute Gasteiger partial charge is 0.457 e. The average molecular weight is 296 g/mol. The van der Waals surface area contributed by atoms with Crippen LogP contribution >= 0.6 is 0 Å². The molecule has 0 spiro atoms. The zero-order valence-corrected chi connectivity index (χ0v) is 12.2. The molecular formula is C20H12N2O. The molecule has 0 radical (unpaired) electrons. The van der Waals surface area contributed by atoms with E-state index in [-0.39, 0.29) is 0 Å². The van der Waals surface area contributed by atoms with E-state index >= 15 is 0 Å². The molecule has 0 fully saturated rings. The Labute approximate surface area is 134 Å². The van der Waals surface area contributed by atoms with Gasteiger partial charge in [0.2, 0.25) is 0 Å². The summed E-state index contributed by atoms with van der Waals surface area (Å²) in [5.41, 5.74) is 2.67. The van der Waals surface area contributed by atoms with Crippen LogP contribution in [0.4, 0.5) is 0 Å². The molecule has 3 rings (SSSR count). The molecule has 0 aliphatic rings. The average Bonchev–Trinajstić information content (AvgIpc) is 2.63. The molecule has 3 heteroatoms. The van der Waals surface area contributed by atoms with Gasteiger partial charge in [0.1, 0.15) is 23.6 Å². The number of rotatable bonds is 3. The van der Waals surface area contributed by atoms with Gasteiger partial charge < -0.3 is 4.74 Å². The topological polar surface area (TPSA) is 56.8 Å². The van der Waals surface area contributed by atoms with E-state index < -0.39 is 0 Å². The molecule has 0 heterocycles. The molecular weight excluding hydrogens is 284 g/mol. The Hall–Kier alpha value is -3.56. The molecule has 0 aliphatic heterocycles. The summed E-state index contributed by atoms with van der Waals surface area (Å²) >= 11 is 0. The van der Waals surface area contributed by atoms with Crippen molar-refractivity contribution in [3.8, 4) is 34.8 Å². The lowest BCUT2D eigenvalue weighted by molar-refractivity contribution is 0.484. The first-order valence-corrected chi connectivity index (χ1v) is 7.08. The second kappa shape index (κ2) is 6.47. The molecule has 3 nitrogen and oxygen atoms in total. The summed E-state index contributed by atoms with van der Waals surface area (Å²) in [5.74, 6) is 1.23. The maximum Gasteiger partial charge on any atom is 0.135 e. The van der Waals surface area contributed by atoms with Crippen molar-refractivity contribution in [1.82, 2.24) is 0 Å². The van der Waals surface area contributed by atoms with Gasteiger partial charge in [0.15, 0.2) is 0 Å². The van der Waals surface area contributed by atoms with Crippen LogP contribution in [-0.2, 0) is 0 Å². The van der Waals surface area contributed by atoms with Crippen LogP contribution in [0.25, 0.3) is 11.1 Å². The Morgan fingerprint density at radius 2 is 1.39 bits per heavy atom. The first-order chi connectivity index (χ1) is 11.3. The maximum atomic E-state index is 9.12. The van der Waals surface area contributed by atoms with Gasteiger partial charge in [-0.3, -0.25) is 0 Å². The fourth-order valence-corrected chi connectivity index (χ4v) is 2.32. The Balaban J connectivity index is 1.99. The number of para-hydroxylation sites is 1. The predicted octanol–water partition coefficient (Wildman–Crippen LogP) is 4.89. The summed E-state index contributed by atoms with van der Waals surface area (Å²) < 4.78 is 5.95. The lowest BCUT2D eigenvalue weighted by atomic mass is 10.0. The van der Waals surface area contributed by atoms with Crippen molar-refractivity contribution < 1.29 is 4.74 Å². The lowest BCUT2D eigenvalue weighted by Gasteiger charge is -2.11. The van der Waals surface area contributed by atoms with Gasteiger partial charge >= 0.3 is 0 Å². The summed E-state index contributed by atoms with van der Waals surface area (Å²) in [6, 6.07) is 26.6. The Morgan fingerprint density at radius 3 is 2.13 bits per heavy atom. The highest BCUT2D eigenvalue weighted by atomic mass is 16.5. The van der Waals surface area contributed by atoms with Crippen molar-refractivity contribution in [2.45, 2.75) is 0 Å². The van der Waals surface area contributed by atoms with E-state index in [2.05, 4.69) is 0 Å². The fourth-order valence-electron chi connectivity index (χ4n) is 2.32. The monoisotopic (exact) mass is 296 g/mol. The third-order valence-electron chi connectivity index (χ3n) is 3.43. The van der Waals surface area contributed by atoms with Crippen molar-refractivity contribution in [2.75, 3.05) is 0 Å². The van der Waals surface area contributed by atoms with Gasteiger partial charge in [0.25, 0.3) is 0 Å². The second-order valence-corrected chi connectivity index (χ2v) is 4.90. The second-order valence-electron chi connectivity index (χ2n) is 4.90. The number of ether oxygens (including phenoxy) is 1. The highest BCUT2D eigenvalue weighted by Gasteiger charge is 2.08. The summed E-state index contributed by atoms with van der Waals surface area (Å²) in [6.07, 6.45) is 0. The summed E-state index contributed by atoms with van der Waals surface area (Å²) in [5, 5.41) is 18.1. The summed E-state index contributed by atoms with van der Waals surface area (Å²) in [7, 11) is 0. The zero-order chi connectivity index (χ0) is 16.1. The van der Waals surface area contributed by atoms with Crippen LogP contribution in [0.1, 0.15) is 11.1 Å². The minimum Gasteiger partial charge on any atom is -0.457 e. The van der Waals surface area contributed by atoms with Crippen LogP contribution in [0, 0.1) is 22.7 Å². The van der Waals surface area contributed by atoms with Gasteiger partial charge in [0, 0.05) is 5.56 Å². The van der Waals surface area contributed by atoms with E-state index in [1.165, 1.54) is 0 Å². The van der Waals surface area contributed by atoms with Crippen LogP contribution in [0.2, 0.25) is 0 Å². The van der Waals surface area contributed by atoms with E-state index in [1.807, 2.05) is 66.7 Å². The molecule has 0 atom stereocenters. The van der Waals surface area contributed by atoms with Crippen LogP contribution < -0.4 is 4.74 Å². The fraction of sp³-hybridized carbons (Fsp3) is 0. The van der Waals surface area contributed by atoms with Gasteiger partial charge in [-0.25, -0.2) is 0 Å². The quantitative estimate of drug-likeness (QED) is 0.691. The van der Waals surface area contributed by atoms with Crippen LogP contribution in [0.3, 0.4) is 0 Å². The van der Waals surface area contributed by atoms with Gasteiger partial charge in [0.05, 0.1) is 11.1 Å². The summed E-state index contributed by atoms with van der Waals surface area (Å²) in [4.78, 5) is 0. The van der Waals surface area contributed by atoms with Gasteiger partial charge in [-0.05, 0) is 29.8 Å². The molecule has 108 valence electrons. The molecule has 0 unspecified atom stereocenters. The molecule has 0 N–H and O–H groups in total. The molecule has 3 aromatic carbocycles. The first kappa shape index (κ1) is 14.4. The number of hydrogen-bond acceptors (Lipinski definition) is 3. The van der Waals surface area contributed by atoms with E-state index in [0.29, 0.717) is 22.6 Å². The number of hydrogen-bond donors (Lipinski definition) is 0. The maximum absolute atomic E-state index is 9.12. The number of nitriles is 2. The highest BCUT2D eigenvalue weighted by molar-refractivity contribution is 5.70. The molecule has 0 saturated heterocycles. The van der Waals surface area contributed by atoms with Crippen LogP contribution in [0.15, 0.2) is 72.8 Å². The molecule has 0 aliphatic carbocycles. The normalized spacial score (nSPS) is 9.65. The zero-order valence-electron chi connectivity index (χ0n) is 12.2.